The van der Waals surface area contributed by atoms with Crippen molar-refractivity contribution in [1.29, 1.82) is 0 Å². The predicted octanol–water partition coefficient (Wildman–Crippen LogP) is 5.01. The van der Waals surface area contributed by atoms with Gasteiger partial charge in [0, 0.05) is 30.1 Å². The molecule has 3 N–H and O–H groups in total. The highest BCUT2D eigenvalue weighted by molar-refractivity contribution is 7.89. The number of sulfonamides is 1. The van der Waals surface area contributed by atoms with Gasteiger partial charge in [0.05, 0.1) is 23.6 Å². The Balaban J connectivity index is 1.62. The van der Waals surface area contributed by atoms with Crippen molar-refractivity contribution in [1.82, 2.24) is 14.2 Å². The van der Waals surface area contributed by atoms with Gasteiger partial charge in [0.2, 0.25) is 10.0 Å². The van der Waals surface area contributed by atoms with Gasteiger partial charge in [-0.2, -0.15) is 13.2 Å². The molecular formula is C30H32F3N3O6S. The first-order chi connectivity index (χ1) is 20.3. The second-order valence-corrected chi connectivity index (χ2v) is 11.9. The van der Waals surface area contributed by atoms with E-state index in [2.05, 4.69) is 5.32 Å². The molecule has 13 heteroatoms. The average Bonchev–Trinajstić information content (AvgIpc) is 3.28. The van der Waals surface area contributed by atoms with Crippen LogP contribution >= 0.6 is 0 Å². The molecule has 2 unspecified atom stereocenters. The Kier molecular flexibility index (Phi) is 9.80. The van der Waals surface area contributed by atoms with E-state index in [0.29, 0.717) is 48.6 Å². The summed E-state index contributed by atoms with van der Waals surface area (Å²) in [5.74, 6) is -0.513. The lowest BCUT2D eigenvalue weighted by atomic mass is 9.98. The Morgan fingerprint density at radius 3 is 2.26 bits per heavy atom. The van der Waals surface area contributed by atoms with Gasteiger partial charge in [-0.15, -0.1) is 4.31 Å². The Hall–Kier alpha value is -3.91. The van der Waals surface area contributed by atoms with Crippen molar-refractivity contribution >= 4 is 26.9 Å². The standard InChI is InChI=1S/C30H32F3N3O6S/c1-20(37)27(34-17-8-18-42-22-9-4-3-5-10-22)26-24-11-6-7-12-25(24)36(28(26)29(38)39)19-21-13-15-23(16-14-21)43(40,41)35(2)30(31,32)33/h3-7,9-16,20,27,34,37H,8,17-19H2,1-2H3,(H,38,39). The first-order valence-electron chi connectivity index (χ1n) is 13.4. The molecule has 0 aliphatic carbocycles. The van der Waals surface area contributed by atoms with Gasteiger partial charge < -0.3 is 24.8 Å². The molecule has 0 radical (unpaired) electrons. The lowest BCUT2D eigenvalue weighted by Crippen LogP contribution is -2.39. The number of para-hydroxylation sites is 2. The number of alkyl halides is 3. The van der Waals surface area contributed by atoms with E-state index in [-0.39, 0.29) is 12.2 Å². The minimum atomic E-state index is -5.09. The first-order valence-corrected chi connectivity index (χ1v) is 14.8. The van der Waals surface area contributed by atoms with E-state index in [0.717, 1.165) is 17.9 Å². The number of hydrogen-bond acceptors (Lipinski definition) is 6. The van der Waals surface area contributed by atoms with Gasteiger partial charge >= 0.3 is 12.3 Å². The maximum atomic E-state index is 13.0. The monoisotopic (exact) mass is 619 g/mol. The Labute approximate surface area is 247 Å². The predicted molar refractivity (Wildman–Crippen MR) is 154 cm³/mol. The molecule has 0 aliphatic heterocycles. The van der Waals surface area contributed by atoms with Crippen LogP contribution in [0.1, 0.15) is 41.0 Å². The van der Waals surface area contributed by atoms with E-state index < -0.39 is 43.6 Å². The molecule has 0 saturated carbocycles. The van der Waals surface area contributed by atoms with Gasteiger partial charge in [0.25, 0.3) is 0 Å². The smallest absolute Gasteiger partial charge is 0.473 e. The summed E-state index contributed by atoms with van der Waals surface area (Å²) in [5, 5.41) is 24.9. The van der Waals surface area contributed by atoms with E-state index >= 15 is 0 Å². The average molecular weight is 620 g/mol. The number of aliphatic hydroxyl groups excluding tert-OH is 1. The third-order valence-corrected chi connectivity index (χ3v) is 8.78. The fourth-order valence-electron chi connectivity index (χ4n) is 4.83. The molecule has 2 atom stereocenters. The Morgan fingerprint density at radius 1 is 1.02 bits per heavy atom. The van der Waals surface area contributed by atoms with Crippen LogP contribution in [0.25, 0.3) is 10.9 Å². The quantitative estimate of drug-likeness (QED) is 0.142. The molecule has 43 heavy (non-hydrogen) atoms. The van der Waals surface area contributed by atoms with E-state index in [1.165, 1.54) is 16.7 Å². The molecule has 0 spiro atoms. The van der Waals surface area contributed by atoms with Gasteiger partial charge in [-0.25, -0.2) is 13.2 Å². The number of carboxylic acids is 1. The number of ether oxygens (including phenoxy) is 1. The van der Waals surface area contributed by atoms with Gasteiger partial charge in [-0.1, -0.05) is 48.5 Å². The molecule has 0 aliphatic rings. The van der Waals surface area contributed by atoms with Gasteiger partial charge in [-0.3, -0.25) is 0 Å². The summed E-state index contributed by atoms with van der Waals surface area (Å²) in [5.41, 5.74) is 1.33. The Bertz CT molecular complexity index is 1660. The van der Waals surface area contributed by atoms with Gasteiger partial charge in [0.15, 0.2) is 0 Å². The summed E-state index contributed by atoms with van der Waals surface area (Å²) in [4.78, 5) is 12.1. The zero-order valence-electron chi connectivity index (χ0n) is 23.5. The number of benzene rings is 3. The molecule has 0 saturated heterocycles. The van der Waals surface area contributed by atoms with Crippen molar-refractivity contribution < 1.29 is 41.3 Å². The van der Waals surface area contributed by atoms with Crippen molar-refractivity contribution in [2.45, 2.75) is 43.2 Å². The number of halogens is 3. The number of carbonyl (C=O) groups is 1. The fourth-order valence-corrected chi connectivity index (χ4v) is 5.90. The van der Waals surface area contributed by atoms with Gasteiger partial charge in [-0.05, 0) is 55.8 Å². The van der Waals surface area contributed by atoms with E-state index in [4.69, 9.17) is 4.74 Å². The topological polar surface area (TPSA) is 121 Å². The summed E-state index contributed by atoms with van der Waals surface area (Å²) >= 11 is 0. The van der Waals surface area contributed by atoms with Crippen LogP contribution in [0.2, 0.25) is 0 Å². The molecule has 4 rings (SSSR count). The molecule has 230 valence electrons. The van der Waals surface area contributed by atoms with Gasteiger partial charge in [0.1, 0.15) is 11.4 Å². The maximum absolute atomic E-state index is 13.0. The van der Waals surface area contributed by atoms with Crippen LogP contribution in [0, 0.1) is 0 Å². The number of nitrogens with zero attached hydrogens (tertiary/aromatic N) is 2. The highest BCUT2D eigenvalue weighted by Crippen LogP contribution is 2.34. The van der Waals surface area contributed by atoms with E-state index in [1.807, 2.05) is 30.3 Å². The summed E-state index contributed by atoms with van der Waals surface area (Å²) in [7, 11) is -4.40. The SMILES string of the molecule is CC(O)C(NCCCOc1ccccc1)c1c(C(=O)O)n(Cc2ccc(S(=O)(=O)N(C)C(F)(F)F)cc2)c2ccccc12. The number of nitrogens with one attached hydrogen (secondary N) is 1. The number of aromatic nitrogens is 1. The molecule has 1 aromatic heterocycles. The largest absolute Gasteiger partial charge is 0.494 e. The lowest BCUT2D eigenvalue weighted by Gasteiger charge is -2.23. The number of fused-ring (bicyclic) bond motifs is 1. The molecule has 0 amide bonds. The lowest BCUT2D eigenvalue weighted by molar-refractivity contribution is -0.202. The van der Waals surface area contributed by atoms with Crippen LogP contribution in [-0.2, 0) is 16.6 Å². The van der Waals surface area contributed by atoms with Crippen LogP contribution in [0.15, 0.2) is 83.8 Å². The summed E-state index contributed by atoms with van der Waals surface area (Å²) in [6, 6.07) is 20.3. The van der Waals surface area contributed by atoms with Crippen molar-refractivity contribution in [2.75, 3.05) is 20.2 Å². The number of hydrogen-bond donors (Lipinski definition) is 3. The van der Waals surface area contributed by atoms with E-state index in [1.54, 1.807) is 31.2 Å². The van der Waals surface area contributed by atoms with Crippen molar-refractivity contribution in [3.8, 4) is 5.75 Å². The van der Waals surface area contributed by atoms with Crippen molar-refractivity contribution in [3.63, 3.8) is 0 Å². The third-order valence-electron chi connectivity index (χ3n) is 6.98. The van der Waals surface area contributed by atoms with Crippen LogP contribution in [0.3, 0.4) is 0 Å². The maximum Gasteiger partial charge on any atom is 0.473 e. The molecule has 3 aromatic carbocycles. The number of aromatic carboxylic acids is 1. The molecule has 0 bridgehead atoms. The molecular weight excluding hydrogens is 587 g/mol. The Morgan fingerprint density at radius 2 is 1.65 bits per heavy atom. The summed E-state index contributed by atoms with van der Waals surface area (Å²) in [6.07, 6.45) is -5.47. The summed E-state index contributed by atoms with van der Waals surface area (Å²) in [6.45, 7) is 2.37. The number of aliphatic hydroxyl groups is 1. The minimum Gasteiger partial charge on any atom is -0.494 e. The van der Waals surface area contributed by atoms with Crippen molar-refractivity contribution in [2.24, 2.45) is 0 Å². The number of rotatable bonds is 13. The normalized spacial score (nSPS) is 13.7. The zero-order valence-corrected chi connectivity index (χ0v) is 24.3. The van der Waals surface area contributed by atoms with Crippen LogP contribution in [0.5, 0.6) is 5.75 Å². The molecule has 1 heterocycles. The second kappa shape index (κ2) is 13.2. The minimum absolute atomic E-state index is 0.0188. The summed E-state index contributed by atoms with van der Waals surface area (Å²) < 4.78 is 70.5. The molecule has 9 nitrogen and oxygen atoms in total. The van der Waals surface area contributed by atoms with Crippen molar-refractivity contribution in [3.05, 3.63) is 95.7 Å². The van der Waals surface area contributed by atoms with Crippen LogP contribution < -0.4 is 10.1 Å². The first kappa shape index (κ1) is 32.0. The third kappa shape index (κ3) is 7.19. The highest BCUT2D eigenvalue weighted by atomic mass is 32.2. The van der Waals surface area contributed by atoms with Crippen LogP contribution in [-0.4, -0.2) is 66.1 Å². The fraction of sp³-hybridized carbons (Fsp3) is 0.300. The number of carboxylic acid groups (broad SMARTS) is 1. The highest BCUT2D eigenvalue weighted by Gasteiger charge is 2.43. The zero-order chi connectivity index (χ0) is 31.4. The molecule has 0 fully saturated rings. The molecule has 4 aromatic rings. The van der Waals surface area contributed by atoms with E-state index in [9.17, 15) is 36.6 Å². The van der Waals surface area contributed by atoms with Crippen LogP contribution in [0.4, 0.5) is 13.2 Å². The second-order valence-electron chi connectivity index (χ2n) is 9.94.